The van der Waals surface area contributed by atoms with Crippen LogP contribution in [0.5, 0.6) is 0 Å². The monoisotopic (exact) mass is 311 g/mol. The van der Waals surface area contributed by atoms with Crippen molar-refractivity contribution in [1.82, 2.24) is 4.90 Å². The number of ether oxygens (including phenoxy) is 1. The lowest BCUT2D eigenvalue weighted by atomic mass is 9.88. The first-order valence-electron chi connectivity index (χ1n) is 7.64. The zero-order valence-electron chi connectivity index (χ0n) is 12.4. The number of hydrogen-bond acceptors (Lipinski definition) is 2. The normalized spacial score (nSPS) is 32.7. The molecule has 2 fully saturated rings. The van der Waals surface area contributed by atoms with Crippen LogP contribution in [0.1, 0.15) is 37.3 Å². The molecule has 3 atom stereocenters. The molecule has 2 nitrogen and oxygen atoms in total. The molecule has 1 aromatic carbocycles. The highest BCUT2D eigenvalue weighted by molar-refractivity contribution is 5.22. The van der Waals surface area contributed by atoms with Crippen LogP contribution in [0.3, 0.4) is 0 Å². The summed E-state index contributed by atoms with van der Waals surface area (Å²) in [7, 11) is 0. The van der Waals surface area contributed by atoms with Crippen LogP contribution in [0.4, 0.5) is 13.2 Å². The smallest absolute Gasteiger partial charge is 0.350 e. The van der Waals surface area contributed by atoms with Gasteiger partial charge in [-0.15, -0.1) is 6.58 Å². The van der Waals surface area contributed by atoms with Gasteiger partial charge in [-0.05, 0) is 31.2 Å². The molecule has 0 amide bonds. The quantitative estimate of drug-likeness (QED) is 0.765. The molecular formula is C17H20F3NO. The van der Waals surface area contributed by atoms with E-state index in [1.165, 1.54) is 0 Å². The third-order valence-corrected chi connectivity index (χ3v) is 4.75. The maximum atomic E-state index is 13.8. The summed E-state index contributed by atoms with van der Waals surface area (Å²) in [6, 6.07) is 8.80. The zero-order valence-corrected chi connectivity index (χ0v) is 12.4. The van der Waals surface area contributed by atoms with E-state index >= 15 is 0 Å². The Labute approximate surface area is 128 Å². The van der Waals surface area contributed by atoms with Gasteiger partial charge < -0.3 is 4.74 Å². The van der Waals surface area contributed by atoms with Crippen molar-refractivity contribution in [2.75, 3.05) is 6.61 Å². The molecule has 0 radical (unpaired) electrons. The number of nitrogens with zero attached hydrogens (tertiary/aromatic N) is 1. The van der Waals surface area contributed by atoms with Crippen LogP contribution < -0.4 is 0 Å². The Morgan fingerprint density at radius 2 is 2.05 bits per heavy atom. The molecule has 0 bridgehead atoms. The fourth-order valence-electron chi connectivity index (χ4n) is 3.82. The van der Waals surface area contributed by atoms with Gasteiger partial charge in [-0.25, -0.2) is 0 Å². The van der Waals surface area contributed by atoms with E-state index in [9.17, 15) is 13.2 Å². The number of rotatable bonds is 3. The summed E-state index contributed by atoms with van der Waals surface area (Å²) >= 11 is 0. The summed E-state index contributed by atoms with van der Waals surface area (Å²) in [5, 5.41) is 0. The van der Waals surface area contributed by atoms with Crippen molar-refractivity contribution in [1.29, 1.82) is 0 Å². The Hall–Kier alpha value is -1.33. The van der Waals surface area contributed by atoms with E-state index in [2.05, 4.69) is 6.58 Å². The van der Waals surface area contributed by atoms with Gasteiger partial charge in [-0.1, -0.05) is 36.4 Å². The van der Waals surface area contributed by atoms with Crippen molar-refractivity contribution in [2.24, 2.45) is 0 Å². The standard InChI is InChI=1S/C17H20F3NO/c1-2-7-14-10-6-11-16(17(18,19)20)21(14)15(12-22-16)13-8-4-3-5-9-13/h2-5,8-9,14-15H,1,6-7,10-12H2/t14-,15-,16+/m1/s1. The van der Waals surface area contributed by atoms with E-state index in [4.69, 9.17) is 4.74 Å². The van der Waals surface area contributed by atoms with Crippen LogP contribution in [0, 0.1) is 0 Å². The molecule has 22 heavy (non-hydrogen) atoms. The van der Waals surface area contributed by atoms with Crippen molar-refractivity contribution in [3.05, 3.63) is 48.6 Å². The van der Waals surface area contributed by atoms with Crippen LogP contribution in [-0.2, 0) is 4.74 Å². The van der Waals surface area contributed by atoms with E-state index in [1.54, 1.807) is 11.0 Å². The number of hydrogen-bond donors (Lipinski definition) is 0. The van der Waals surface area contributed by atoms with E-state index in [0.29, 0.717) is 12.8 Å². The molecule has 3 rings (SSSR count). The van der Waals surface area contributed by atoms with Crippen molar-refractivity contribution < 1.29 is 17.9 Å². The molecule has 0 aliphatic carbocycles. The summed E-state index contributed by atoms with van der Waals surface area (Å²) in [6.45, 7) is 3.78. The highest BCUT2D eigenvalue weighted by Crippen LogP contribution is 2.53. The maximum Gasteiger partial charge on any atom is 0.431 e. The van der Waals surface area contributed by atoms with Gasteiger partial charge in [0.05, 0.1) is 12.6 Å². The molecule has 0 aromatic heterocycles. The number of alkyl halides is 3. The van der Waals surface area contributed by atoms with Gasteiger partial charge >= 0.3 is 6.18 Å². The molecular weight excluding hydrogens is 291 g/mol. The predicted octanol–water partition coefficient (Wildman–Crippen LogP) is 4.45. The average Bonchev–Trinajstić information content (AvgIpc) is 2.90. The highest BCUT2D eigenvalue weighted by Gasteiger charge is 2.66. The van der Waals surface area contributed by atoms with Crippen LogP contribution in [-0.4, -0.2) is 29.4 Å². The zero-order chi connectivity index (χ0) is 15.8. The summed E-state index contributed by atoms with van der Waals surface area (Å²) in [4.78, 5) is 1.56. The fraction of sp³-hybridized carbons (Fsp3) is 0.529. The van der Waals surface area contributed by atoms with Gasteiger partial charge in [0.2, 0.25) is 5.72 Å². The molecule has 1 aromatic rings. The van der Waals surface area contributed by atoms with Gasteiger partial charge in [0.1, 0.15) is 0 Å². The number of benzene rings is 1. The molecule has 0 saturated carbocycles. The van der Waals surface area contributed by atoms with Crippen LogP contribution in [0.15, 0.2) is 43.0 Å². The lowest BCUT2D eigenvalue weighted by molar-refractivity contribution is -0.321. The van der Waals surface area contributed by atoms with Crippen molar-refractivity contribution in [3.8, 4) is 0 Å². The first-order valence-corrected chi connectivity index (χ1v) is 7.64. The van der Waals surface area contributed by atoms with E-state index in [0.717, 1.165) is 12.0 Å². The third-order valence-electron chi connectivity index (χ3n) is 4.75. The Morgan fingerprint density at radius 3 is 2.68 bits per heavy atom. The summed E-state index contributed by atoms with van der Waals surface area (Å²) in [6.07, 6.45) is -0.863. The van der Waals surface area contributed by atoms with E-state index in [-0.39, 0.29) is 25.1 Å². The second-order valence-electron chi connectivity index (χ2n) is 6.00. The molecule has 120 valence electrons. The van der Waals surface area contributed by atoms with Crippen LogP contribution in [0.25, 0.3) is 0 Å². The molecule has 2 aliphatic rings. The van der Waals surface area contributed by atoms with E-state index < -0.39 is 11.9 Å². The number of fused-ring (bicyclic) bond motifs is 1. The van der Waals surface area contributed by atoms with Gasteiger partial charge in [-0.3, -0.25) is 4.90 Å². The number of piperidine rings is 1. The first-order chi connectivity index (χ1) is 10.5. The Morgan fingerprint density at radius 1 is 1.32 bits per heavy atom. The Balaban J connectivity index is 2.02. The van der Waals surface area contributed by atoms with Gasteiger partial charge in [0, 0.05) is 6.04 Å². The van der Waals surface area contributed by atoms with Crippen molar-refractivity contribution >= 4 is 0 Å². The molecule has 0 unspecified atom stereocenters. The molecule has 5 heteroatoms. The lowest BCUT2D eigenvalue weighted by Gasteiger charge is -2.48. The lowest BCUT2D eigenvalue weighted by Crippen LogP contribution is -2.62. The first kappa shape index (κ1) is 15.6. The van der Waals surface area contributed by atoms with Gasteiger partial charge in [-0.2, -0.15) is 13.2 Å². The molecule has 2 aliphatic heterocycles. The van der Waals surface area contributed by atoms with Gasteiger partial charge in [0.15, 0.2) is 0 Å². The Kier molecular flexibility index (Phi) is 4.03. The molecule has 2 heterocycles. The number of halogens is 3. The third kappa shape index (κ3) is 2.36. The van der Waals surface area contributed by atoms with Crippen LogP contribution >= 0.6 is 0 Å². The topological polar surface area (TPSA) is 12.5 Å². The summed E-state index contributed by atoms with van der Waals surface area (Å²) in [5.41, 5.74) is -1.26. The van der Waals surface area contributed by atoms with Crippen molar-refractivity contribution in [2.45, 2.75) is 49.7 Å². The second kappa shape index (κ2) is 5.70. The maximum absolute atomic E-state index is 13.8. The minimum Gasteiger partial charge on any atom is -0.350 e. The fourth-order valence-corrected chi connectivity index (χ4v) is 3.82. The minimum absolute atomic E-state index is 0.00742. The SMILES string of the molecule is C=CC[C@@H]1CCC[C@@]2(C(F)(F)F)OC[C@H](c3ccccc3)N12. The summed E-state index contributed by atoms with van der Waals surface area (Å²) in [5.74, 6) is 0. The second-order valence-corrected chi connectivity index (χ2v) is 6.00. The van der Waals surface area contributed by atoms with Crippen LogP contribution in [0.2, 0.25) is 0 Å². The summed E-state index contributed by atoms with van der Waals surface area (Å²) < 4.78 is 46.8. The molecule has 0 N–H and O–H groups in total. The van der Waals surface area contributed by atoms with E-state index in [1.807, 2.05) is 30.3 Å². The minimum atomic E-state index is -4.39. The average molecular weight is 311 g/mol. The largest absolute Gasteiger partial charge is 0.431 e. The molecule has 0 spiro atoms. The van der Waals surface area contributed by atoms with Crippen molar-refractivity contribution in [3.63, 3.8) is 0 Å². The van der Waals surface area contributed by atoms with Gasteiger partial charge in [0.25, 0.3) is 0 Å². The Bertz CT molecular complexity index is 530. The highest BCUT2D eigenvalue weighted by atomic mass is 19.4. The molecule has 2 saturated heterocycles. The predicted molar refractivity (Wildman–Crippen MR) is 78.2 cm³/mol.